The maximum Gasteiger partial charge on any atom is 0.332 e. The third kappa shape index (κ3) is 2.87. The van der Waals surface area contributed by atoms with Gasteiger partial charge in [-0.3, -0.25) is 4.79 Å². The number of urea groups is 1. The zero-order chi connectivity index (χ0) is 20.7. The Morgan fingerprint density at radius 2 is 1.83 bits per heavy atom. The predicted octanol–water partition coefficient (Wildman–Crippen LogP) is 2.92. The van der Waals surface area contributed by atoms with Crippen molar-refractivity contribution in [2.24, 2.45) is 0 Å². The van der Waals surface area contributed by atoms with Gasteiger partial charge in [-0.15, -0.1) is 0 Å². The van der Waals surface area contributed by atoms with Gasteiger partial charge in [0.15, 0.2) is 0 Å². The Morgan fingerprint density at radius 1 is 1.00 bits per heavy atom. The van der Waals surface area contributed by atoms with Crippen LogP contribution in [0.25, 0.3) is 16.6 Å². The molecule has 0 N–H and O–H groups in total. The lowest BCUT2D eigenvalue weighted by molar-refractivity contribution is -0.116. The number of anilines is 1. The first-order valence-corrected chi connectivity index (χ1v) is 9.22. The third-order valence-electron chi connectivity index (χ3n) is 4.95. The molecule has 0 radical (unpaired) electrons. The van der Waals surface area contributed by atoms with E-state index in [1.165, 1.54) is 28.2 Å². The predicted molar refractivity (Wildman–Crippen MR) is 106 cm³/mol. The van der Waals surface area contributed by atoms with Gasteiger partial charge in [0.2, 0.25) is 0 Å². The highest BCUT2D eigenvalue weighted by atomic mass is 19.1. The second-order valence-corrected chi connectivity index (χ2v) is 6.79. The fraction of sp³-hybridized carbons (Fsp3) is 0.0952. The number of fused-ring (bicyclic) bond motifs is 1. The standard InChI is InChI=1S/C21H15FN6O2/c22-16-4-1-2-5-19(16)28-18-7-3-6-17(15(18)10-25-28)27-20(29)12-26(21(27)30)11-14-8-9-23-13-24-14/h1-10,13H,11-12H2. The van der Waals surface area contributed by atoms with Crippen LogP contribution in [0.4, 0.5) is 14.9 Å². The number of hydrogen-bond donors (Lipinski definition) is 0. The number of amides is 3. The first-order chi connectivity index (χ1) is 14.6. The highest BCUT2D eigenvalue weighted by molar-refractivity contribution is 6.22. The number of rotatable bonds is 4. The van der Waals surface area contributed by atoms with E-state index >= 15 is 0 Å². The van der Waals surface area contributed by atoms with E-state index < -0.39 is 11.8 Å². The van der Waals surface area contributed by atoms with E-state index in [1.807, 2.05) is 0 Å². The number of hydrogen-bond acceptors (Lipinski definition) is 5. The van der Waals surface area contributed by atoms with Crippen molar-refractivity contribution < 1.29 is 14.0 Å². The van der Waals surface area contributed by atoms with Crippen LogP contribution in [0.2, 0.25) is 0 Å². The van der Waals surface area contributed by atoms with E-state index in [0.29, 0.717) is 22.3 Å². The van der Waals surface area contributed by atoms with Crippen molar-refractivity contribution in [3.05, 3.63) is 78.8 Å². The van der Waals surface area contributed by atoms with Crippen LogP contribution in [0.15, 0.2) is 67.3 Å². The number of carbonyl (C=O) groups is 2. The average Bonchev–Trinajstić information content (AvgIpc) is 3.30. The second-order valence-electron chi connectivity index (χ2n) is 6.79. The van der Waals surface area contributed by atoms with E-state index in [1.54, 1.807) is 48.7 Å². The molecule has 0 aliphatic carbocycles. The second kappa shape index (κ2) is 7.03. The molecule has 1 fully saturated rings. The Hall–Kier alpha value is -4.14. The van der Waals surface area contributed by atoms with Gasteiger partial charge in [0.05, 0.1) is 29.6 Å². The summed E-state index contributed by atoms with van der Waals surface area (Å²) in [5.41, 5.74) is 1.93. The number of nitrogens with zero attached hydrogens (tertiary/aromatic N) is 6. The summed E-state index contributed by atoms with van der Waals surface area (Å²) in [5, 5.41) is 4.87. The molecule has 2 aromatic heterocycles. The Morgan fingerprint density at radius 3 is 2.63 bits per heavy atom. The lowest BCUT2D eigenvalue weighted by atomic mass is 10.2. The molecule has 5 rings (SSSR count). The fourth-order valence-electron chi connectivity index (χ4n) is 3.56. The van der Waals surface area contributed by atoms with Crippen molar-refractivity contribution in [3.63, 3.8) is 0 Å². The van der Waals surface area contributed by atoms with Crippen molar-refractivity contribution in [2.75, 3.05) is 11.4 Å². The smallest absolute Gasteiger partial charge is 0.309 e. The molecule has 2 aromatic carbocycles. The summed E-state index contributed by atoms with van der Waals surface area (Å²) in [7, 11) is 0. The van der Waals surface area contributed by atoms with Crippen molar-refractivity contribution in [2.45, 2.75) is 6.54 Å². The van der Waals surface area contributed by atoms with Crippen LogP contribution in [0.1, 0.15) is 5.69 Å². The summed E-state index contributed by atoms with van der Waals surface area (Å²) in [5.74, 6) is -0.766. The first-order valence-electron chi connectivity index (χ1n) is 9.22. The highest BCUT2D eigenvalue weighted by Gasteiger charge is 2.38. The molecule has 3 heterocycles. The van der Waals surface area contributed by atoms with Gasteiger partial charge in [-0.2, -0.15) is 5.10 Å². The van der Waals surface area contributed by atoms with Crippen molar-refractivity contribution in [3.8, 4) is 5.69 Å². The minimum absolute atomic E-state index is 0.0549. The van der Waals surface area contributed by atoms with Crippen molar-refractivity contribution >= 4 is 28.5 Å². The Labute approximate surface area is 170 Å². The fourth-order valence-corrected chi connectivity index (χ4v) is 3.56. The number of halogens is 1. The minimum atomic E-state index is -0.440. The Kier molecular flexibility index (Phi) is 4.20. The molecular formula is C21H15FN6O2. The van der Waals surface area contributed by atoms with Crippen LogP contribution in [0.3, 0.4) is 0 Å². The maximum absolute atomic E-state index is 14.3. The van der Waals surface area contributed by atoms with Crippen LogP contribution in [0.5, 0.6) is 0 Å². The Balaban J connectivity index is 1.53. The number of benzene rings is 2. The van der Waals surface area contributed by atoms with Gasteiger partial charge in [-0.25, -0.2) is 28.7 Å². The van der Waals surface area contributed by atoms with E-state index in [-0.39, 0.29) is 24.7 Å². The number of aromatic nitrogens is 4. The number of imide groups is 1. The van der Waals surface area contributed by atoms with Crippen molar-refractivity contribution in [1.82, 2.24) is 24.6 Å². The molecule has 1 aliphatic heterocycles. The van der Waals surface area contributed by atoms with Crippen LogP contribution in [-0.2, 0) is 11.3 Å². The van der Waals surface area contributed by atoms with Gasteiger partial charge in [-0.05, 0) is 30.3 Å². The molecule has 148 valence electrons. The quantitative estimate of drug-likeness (QED) is 0.490. The number of carbonyl (C=O) groups excluding carboxylic acids is 2. The summed E-state index contributed by atoms with van der Waals surface area (Å²) in [6.07, 6.45) is 4.51. The van der Waals surface area contributed by atoms with Crippen molar-refractivity contribution in [1.29, 1.82) is 0 Å². The molecule has 0 saturated carbocycles. The summed E-state index contributed by atoms with van der Waals surface area (Å²) in [6.45, 7) is 0.148. The summed E-state index contributed by atoms with van der Waals surface area (Å²) >= 11 is 0. The number of para-hydroxylation sites is 1. The zero-order valence-corrected chi connectivity index (χ0v) is 15.6. The molecule has 4 aromatic rings. The average molecular weight is 402 g/mol. The van der Waals surface area contributed by atoms with Crippen LogP contribution in [-0.4, -0.2) is 43.1 Å². The van der Waals surface area contributed by atoms with Gasteiger partial charge in [0.25, 0.3) is 5.91 Å². The minimum Gasteiger partial charge on any atom is -0.309 e. The molecule has 0 spiro atoms. The van der Waals surface area contributed by atoms with Crippen LogP contribution >= 0.6 is 0 Å². The SMILES string of the molecule is O=C1CN(Cc2ccncn2)C(=O)N1c1cccc2c1cnn2-c1ccccc1F. The van der Waals surface area contributed by atoms with Gasteiger partial charge in [0, 0.05) is 11.6 Å². The van der Waals surface area contributed by atoms with E-state index in [4.69, 9.17) is 0 Å². The molecule has 9 heteroatoms. The lowest BCUT2D eigenvalue weighted by Crippen LogP contribution is -2.33. The molecule has 8 nitrogen and oxygen atoms in total. The first kappa shape index (κ1) is 17.9. The van der Waals surface area contributed by atoms with Crippen LogP contribution in [0, 0.1) is 5.82 Å². The molecule has 0 unspecified atom stereocenters. The zero-order valence-electron chi connectivity index (χ0n) is 15.6. The van der Waals surface area contributed by atoms with Gasteiger partial charge in [0.1, 0.15) is 24.4 Å². The molecule has 0 atom stereocenters. The molecule has 30 heavy (non-hydrogen) atoms. The van der Waals surface area contributed by atoms with E-state index in [9.17, 15) is 14.0 Å². The van der Waals surface area contributed by atoms with Crippen LogP contribution < -0.4 is 4.90 Å². The molecule has 3 amide bonds. The normalized spacial score (nSPS) is 14.2. The molecule has 1 aliphatic rings. The monoisotopic (exact) mass is 402 g/mol. The maximum atomic E-state index is 14.3. The highest BCUT2D eigenvalue weighted by Crippen LogP contribution is 2.31. The van der Waals surface area contributed by atoms with Gasteiger partial charge < -0.3 is 4.90 Å². The lowest BCUT2D eigenvalue weighted by Gasteiger charge is -2.17. The summed E-state index contributed by atoms with van der Waals surface area (Å²) in [6, 6.07) is 12.7. The summed E-state index contributed by atoms with van der Waals surface area (Å²) in [4.78, 5) is 36.2. The summed E-state index contributed by atoms with van der Waals surface area (Å²) < 4.78 is 15.7. The largest absolute Gasteiger partial charge is 0.332 e. The van der Waals surface area contributed by atoms with E-state index in [2.05, 4.69) is 15.1 Å². The Bertz CT molecular complexity index is 1270. The molecule has 1 saturated heterocycles. The third-order valence-corrected chi connectivity index (χ3v) is 4.95. The van der Waals surface area contributed by atoms with E-state index in [0.717, 1.165) is 4.90 Å². The van der Waals surface area contributed by atoms with Gasteiger partial charge >= 0.3 is 6.03 Å². The van der Waals surface area contributed by atoms with Gasteiger partial charge in [-0.1, -0.05) is 18.2 Å². The topological polar surface area (TPSA) is 84.2 Å². The molecular weight excluding hydrogens is 387 g/mol. The molecule has 0 bridgehead atoms.